The number of hydrogen-bond donors (Lipinski definition) is 2. The van der Waals surface area contributed by atoms with E-state index in [-0.39, 0.29) is 0 Å². The molecule has 3 N–H and O–H groups in total. The standard InChI is InChI=1S/C14H17N3O3S/c1-20-14-8-9-16(15)11-13(14)17(21(18)19)10-7-12-5-3-2-4-6-12/h2-6,8-9,11H,7,10,15H2,1H3/p+1. The molecule has 1 atom stereocenters. The van der Waals surface area contributed by atoms with Crippen LogP contribution in [0.2, 0.25) is 0 Å². The van der Waals surface area contributed by atoms with Crippen LogP contribution in [0.25, 0.3) is 0 Å². The number of nitrogen functional groups attached to an aromatic ring is 1. The zero-order chi connectivity index (χ0) is 15.2. The first-order valence-electron chi connectivity index (χ1n) is 6.38. The first-order chi connectivity index (χ1) is 10.1. The summed E-state index contributed by atoms with van der Waals surface area (Å²) in [6.45, 7) is 0.369. The topological polar surface area (TPSA) is 79.7 Å². The van der Waals surface area contributed by atoms with Crippen LogP contribution in [0.5, 0.6) is 5.75 Å². The number of nitrogens with zero attached hydrogens (tertiary/aromatic N) is 2. The van der Waals surface area contributed by atoms with Crippen LogP contribution in [0.15, 0.2) is 48.8 Å². The minimum absolute atomic E-state index is 0.369. The summed E-state index contributed by atoms with van der Waals surface area (Å²) in [5.41, 5.74) is 1.56. The van der Waals surface area contributed by atoms with E-state index >= 15 is 0 Å². The lowest BCUT2D eigenvalue weighted by molar-refractivity contribution is -0.638. The average Bonchev–Trinajstić information content (AvgIpc) is 2.48. The second-order valence-corrected chi connectivity index (χ2v) is 5.32. The zero-order valence-electron chi connectivity index (χ0n) is 11.7. The third-order valence-corrected chi connectivity index (χ3v) is 3.80. The summed E-state index contributed by atoms with van der Waals surface area (Å²) in [7, 11) is 1.51. The quantitative estimate of drug-likeness (QED) is 0.472. The van der Waals surface area contributed by atoms with Crippen molar-refractivity contribution in [2.75, 3.05) is 23.8 Å². The van der Waals surface area contributed by atoms with E-state index in [0.717, 1.165) is 5.56 Å². The van der Waals surface area contributed by atoms with Gasteiger partial charge in [-0.3, -0.25) is 8.86 Å². The van der Waals surface area contributed by atoms with Crippen molar-refractivity contribution in [1.82, 2.24) is 0 Å². The molecule has 1 heterocycles. The molecule has 0 saturated carbocycles. The zero-order valence-corrected chi connectivity index (χ0v) is 12.5. The van der Waals surface area contributed by atoms with Crippen LogP contribution in [-0.4, -0.2) is 22.4 Å². The molecule has 7 heteroatoms. The Bertz CT molecular complexity index is 622. The molecular formula is C14H18N3O3S+. The van der Waals surface area contributed by atoms with Crippen molar-refractivity contribution in [3.8, 4) is 5.75 Å². The molecule has 1 aromatic heterocycles. The van der Waals surface area contributed by atoms with Gasteiger partial charge in [0.2, 0.25) is 12.4 Å². The first kappa shape index (κ1) is 15.3. The Balaban J connectivity index is 2.23. The summed E-state index contributed by atoms with van der Waals surface area (Å²) in [5, 5.41) is 0. The van der Waals surface area contributed by atoms with Crippen LogP contribution in [0.1, 0.15) is 5.56 Å². The molecule has 0 spiro atoms. The fourth-order valence-corrected chi connectivity index (χ4v) is 2.56. The predicted molar refractivity (Wildman–Crippen MR) is 81.6 cm³/mol. The van der Waals surface area contributed by atoms with Gasteiger partial charge in [-0.1, -0.05) is 35.0 Å². The van der Waals surface area contributed by atoms with Crippen molar-refractivity contribution in [2.24, 2.45) is 0 Å². The molecule has 6 nitrogen and oxygen atoms in total. The Morgan fingerprint density at radius 1 is 1.33 bits per heavy atom. The molecule has 1 unspecified atom stereocenters. The molecular weight excluding hydrogens is 290 g/mol. The second-order valence-electron chi connectivity index (χ2n) is 4.41. The Morgan fingerprint density at radius 2 is 2.05 bits per heavy atom. The summed E-state index contributed by atoms with van der Waals surface area (Å²) >= 11 is -2.16. The average molecular weight is 308 g/mol. The van der Waals surface area contributed by atoms with Gasteiger partial charge >= 0.3 is 0 Å². The maximum atomic E-state index is 11.6. The summed E-state index contributed by atoms with van der Waals surface area (Å²) in [4.78, 5) is 0. The summed E-state index contributed by atoms with van der Waals surface area (Å²) in [5.74, 6) is 6.17. The molecule has 0 aliphatic heterocycles. The van der Waals surface area contributed by atoms with E-state index in [4.69, 9.17) is 10.6 Å². The Morgan fingerprint density at radius 3 is 2.67 bits per heavy atom. The number of hydrogen-bond acceptors (Lipinski definition) is 3. The van der Waals surface area contributed by atoms with E-state index in [1.54, 1.807) is 18.5 Å². The van der Waals surface area contributed by atoms with Gasteiger partial charge in [0.25, 0.3) is 11.3 Å². The lowest BCUT2D eigenvalue weighted by Crippen LogP contribution is -2.44. The van der Waals surface area contributed by atoms with Crippen molar-refractivity contribution in [1.29, 1.82) is 0 Å². The van der Waals surface area contributed by atoms with Crippen LogP contribution >= 0.6 is 0 Å². The van der Waals surface area contributed by atoms with Gasteiger partial charge < -0.3 is 4.74 Å². The van der Waals surface area contributed by atoms with Gasteiger partial charge in [-0.05, 0) is 12.0 Å². The molecule has 0 bridgehead atoms. The third kappa shape index (κ3) is 3.93. The van der Waals surface area contributed by atoms with Crippen molar-refractivity contribution in [3.63, 3.8) is 0 Å². The Hall–Kier alpha value is -2.12. The van der Waals surface area contributed by atoms with Crippen molar-refractivity contribution in [3.05, 3.63) is 54.4 Å². The second kappa shape index (κ2) is 7.05. The smallest absolute Gasteiger partial charge is 0.262 e. The summed E-state index contributed by atoms with van der Waals surface area (Å²) < 4.78 is 29.1. The molecule has 0 fully saturated rings. The SMILES string of the molecule is COc1cc[n+](N)cc1N(CCc1ccccc1)S(=O)O. The monoisotopic (exact) mass is 308 g/mol. The largest absolute Gasteiger partial charge is 0.494 e. The number of benzene rings is 1. The maximum absolute atomic E-state index is 11.6. The molecule has 2 rings (SSSR count). The minimum atomic E-state index is -2.16. The van der Waals surface area contributed by atoms with E-state index in [9.17, 15) is 8.76 Å². The predicted octanol–water partition coefficient (Wildman–Crippen LogP) is 0.882. The van der Waals surface area contributed by atoms with E-state index in [0.29, 0.717) is 24.4 Å². The van der Waals surface area contributed by atoms with Gasteiger partial charge in [-0.15, -0.1) is 0 Å². The van der Waals surface area contributed by atoms with Crippen LogP contribution in [0.3, 0.4) is 0 Å². The van der Waals surface area contributed by atoms with Crippen molar-refractivity contribution in [2.45, 2.75) is 6.42 Å². The highest BCUT2D eigenvalue weighted by Crippen LogP contribution is 2.26. The molecule has 0 amide bonds. The molecule has 21 heavy (non-hydrogen) atoms. The lowest BCUT2D eigenvalue weighted by Gasteiger charge is -2.20. The van der Waals surface area contributed by atoms with Crippen molar-refractivity contribution < 1.29 is 18.2 Å². The Labute approximate surface area is 126 Å². The molecule has 0 aliphatic rings. The van der Waals surface area contributed by atoms with Crippen molar-refractivity contribution >= 4 is 17.0 Å². The summed E-state index contributed by atoms with van der Waals surface area (Å²) in [6, 6.07) is 11.4. The third-order valence-electron chi connectivity index (χ3n) is 3.05. The molecule has 112 valence electrons. The Kier molecular flexibility index (Phi) is 5.13. The normalized spacial score (nSPS) is 11.9. The molecule has 0 radical (unpaired) electrons. The molecule has 0 saturated heterocycles. The van der Waals surface area contributed by atoms with Gasteiger partial charge in [0.05, 0.1) is 7.11 Å². The number of pyridine rings is 1. The van der Waals surface area contributed by atoms with E-state index in [1.807, 2.05) is 30.3 Å². The molecule has 1 aromatic carbocycles. The summed E-state index contributed by atoms with van der Waals surface area (Å²) in [6.07, 6.45) is 3.80. The van der Waals surface area contributed by atoms with Crippen LogP contribution in [0, 0.1) is 0 Å². The number of rotatable bonds is 6. The van der Waals surface area contributed by atoms with E-state index < -0.39 is 11.3 Å². The van der Waals surface area contributed by atoms with Gasteiger partial charge in [0.15, 0.2) is 11.4 Å². The molecule has 0 aliphatic carbocycles. The number of anilines is 1. The lowest BCUT2D eigenvalue weighted by atomic mass is 10.1. The van der Waals surface area contributed by atoms with E-state index in [1.165, 1.54) is 16.1 Å². The molecule has 2 aromatic rings. The van der Waals surface area contributed by atoms with E-state index in [2.05, 4.69) is 0 Å². The fourth-order valence-electron chi connectivity index (χ4n) is 2.00. The number of nitrogens with two attached hydrogens (primary N) is 1. The van der Waals surface area contributed by atoms with Gasteiger partial charge in [-0.25, -0.2) is 10.1 Å². The highest BCUT2D eigenvalue weighted by molar-refractivity contribution is 7.80. The highest BCUT2D eigenvalue weighted by atomic mass is 32.2. The number of ether oxygens (including phenoxy) is 1. The van der Waals surface area contributed by atoms with Crippen LogP contribution in [0.4, 0.5) is 5.69 Å². The fraction of sp³-hybridized carbons (Fsp3) is 0.214. The van der Waals surface area contributed by atoms with Crippen LogP contribution < -0.4 is 19.6 Å². The van der Waals surface area contributed by atoms with Gasteiger partial charge in [-0.2, -0.15) is 0 Å². The first-order valence-corrected chi connectivity index (χ1v) is 7.45. The number of aromatic nitrogens is 1. The van der Waals surface area contributed by atoms with Crippen LogP contribution in [-0.2, 0) is 17.7 Å². The minimum Gasteiger partial charge on any atom is -0.494 e. The highest BCUT2D eigenvalue weighted by Gasteiger charge is 2.20. The van der Waals surface area contributed by atoms with Gasteiger partial charge in [0, 0.05) is 12.6 Å². The number of methoxy groups -OCH3 is 1. The van der Waals surface area contributed by atoms with Gasteiger partial charge in [0.1, 0.15) is 0 Å². The maximum Gasteiger partial charge on any atom is 0.262 e.